The van der Waals surface area contributed by atoms with E-state index in [0.29, 0.717) is 5.70 Å². The molecule has 2 N–H and O–H groups in total. The van der Waals surface area contributed by atoms with Crippen molar-refractivity contribution in [2.24, 2.45) is 0 Å². The lowest BCUT2D eigenvalue weighted by atomic mass is 10.3. The van der Waals surface area contributed by atoms with Crippen LogP contribution in [0, 0.1) is 0 Å². The molecule has 2 saturated heterocycles. The first kappa shape index (κ1) is 15.4. The average molecular weight is 308 g/mol. The lowest BCUT2D eigenvalue weighted by Gasteiger charge is -2.07. The van der Waals surface area contributed by atoms with Crippen LogP contribution in [0.25, 0.3) is 0 Å². The third kappa shape index (κ3) is 3.78. The summed E-state index contributed by atoms with van der Waals surface area (Å²) in [5, 5.41) is 4.36. The van der Waals surface area contributed by atoms with Crippen LogP contribution in [0.5, 0.6) is 0 Å². The summed E-state index contributed by atoms with van der Waals surface area (Å²) < 4.78 is 9.51. The number of nitrogens with one attached hydrogen (secondary N) is 2. The minimum absolute atomic E-state index is 0.160. The molecule has 9 nitrogen and oxygen atoms in total. The van der Waals surface area contributed by atoms with Crippen molar-refractivity contribution in [3.05, 3.63) is 24.4 Å². The van der Waals surface area contributed by atoms with E-state index >= 15 is 0 Å². The van der Waals surface area contributed by atoms with Crippen molar-refractivity contribution in [3.8, 4) is 0 Å². The molecular formula is C13H12N2O7. The van der Waals surface area contributed by atoms with Crippen LogP contribution in [-0.4, -0.2) is 41.9 Å². The van der Waals surface area contributed by atoms with Crippen LogP contribution in [0.2, 0.25) is 0 Å². The highest BCUT2D eigenvalue weighted by molar-refractivity contribution is 6.06. The summed E-state index contributed by atoms with van der Waals surface area (Å²) in [5.74, 6) is -3.64. The Kier molecular flexibility index (Phi) is 4.35. The molecule has 2 rings (SSSR count). The van der Waals surface area contributed by atoms with Gasteiger partial charge in [0.25, 0.3) is 11.8 Å². The molecule has 2 unspecified atom stereocenters. The summed E-state index contributed by atoms with van der Waals surface area (Å²) >= 11 is 0. The summed E-state index contributed by atoms with van der Waals surface area (Å²) in [6.07, 6.45) is -0.769. The Balaban J connectivity index is 1.81. The SMILES string of the molecule is C=C1CC(OC(=O)/C=C/C(=O)OC2CC(=O)NC2=O)C(=O)N1. The first-order valence-electron chi connectivity index (χ1n) is 6.27. The van der Waals surface area contributed by atoms with E-state index in [2.05, 4.69) is 11.9 Å². The second kappa shape index (κ2) is 6.20. The van der Waals surface area contributed by atoms with Crippen molar-refractivity contribution < 1.29 is 33.4 Å². The van der Waals surface area contributed by atoms with Crippen molar-refractivity contribution >= 4 is 29.7 Å². The highest BCUT2D eigenvalue weighted by Gasteiger charge is 2.33. The Morgan fingerprint density at radius 2 is 1.45 bits per heavy atom. The van der Waals surface area contributed by atoms with Gasteiger partial charge in [-0.25, -0.2) is 9.59 Å². The number of rotatable bonds is 4. The zero-order valence-electron chi connectivity index (χ0n) is 11.3. The lowest BCUT2D eigenvalue weighted by Crippen LogP contribution is -2.28. The minimum atomic E-state index is -1.20. The van der Waals surface area contributed by atoms with Gasteiger partial charge < -0.3 is 14.8 Å². The topological polar surface area (TPSA) is 128 Å². The van der Waals surface area contributed by atoms with Crippen molar-refractivity contribution in [2.45, 2.75) is 25.0 Å². The number of hydrogen-bond acceptors (Lipinski definition) is 7. The summed E-state index contributed by atoms with van der Waals surface area (Å²) in [4.78, 5) is 56.3. The number of ether oxygens (including phenoxy) is 2. The molecule has 0 aromatic rings. The average Bonchev–Trinajstić information content (AvgIpc) is 2.89. The maximum absolute atomic E-state index is 11.4. The first-order chi connectivity index (χ1) is 10.3. The standard InChI is InChI=1S/C13H12N2O7/c1-6-4-7(12(19)14-6)21-10(17)2-3-11(18)22-8-5-9(16)15-13(8)20/h2-3,7-8H,1,4-5H2,(H,14,19)(H,15,16,20)/b3-2+. The molecule has 2 heterocycles. The van der Waals surface area contributed by atoms with E-state index in [1.807, 2.05) is 5.32 Å². The quantitative estimate of drug-likeness (QED) is 0.365. The Bertz CT molecular complexity index is 556. The van der Waals surface area contributed by atoms with E-state index in [-0.39, 0.29) is 12.8 Å². The number of imide groups is 1. The number of amides is 3. The van der Waals surface area contributed by atoms with Gasteiger partial charge in [-0.15, -0.1) is 0 Å². The van der Waals surface area contributed by atoms with Gasteiger partial charge in [-0.2, -0.15) is 0 Å². The van der Waals surface area contributed by atoms with Crippen LogP contribution in [0.1, 0.15) is 12.8 Å². The Morgan fingerprint density at radius 3 is 1.86 bits per heavy atom. The summed E-state index contributed by atoms with van der Waals surface area (Å²) in [7, 11) is 0. The van der Waals surface area contributed by atoms with Crippen LogP contribution in [0.4, 0.5) is 0 Å². The molecule has 0 aromatic heterocycles. The molecule has 9 heteroatoms. The highest BCUT2D eigenvalue weighted by atomic mass is 16.6. The monoisotopic (exact) mass is 308 g/mol. The van der Waals surface area contributed by atoms with Crippen molar-refractivity contribution in [1.82, 2.24) is 10.6 Å². The fraction of sp³-hybridized carbons (Fsp3) is 0.308. The van der Waals surface area contributed by atoms with Crippen LogP contribution in [-0.2, 0) is 33.4 Å². The predicted molar refractivity (Wildman–Crippen MR) is 68.6 cm³/mol. The van der Waals surface area contributed by atoms with E-state index in [0.717, 1.165) is 12.2 Å². The lowest BCUT2D eigenvalue weighted by molar-refractivity contribution is -0.150. The van der Waals surface area contributed by atoms with Crippen molar-refractivity contribution in [3.63, 3.8) is 0 Å². The number of carbonyl (C=O) groups is 5. The predicted octanol–water partition coefficient (Wildman–Crippen LogP) is -1.55. The Labute approximate surface area is 124 Å². The van der Waals surface area contributed by atoms with Gasteiger partial charge in [-0.1, -0.05) is 6.58 Å². The smallest absolute Gasteiger partial charge is 0.331 e. The van der Waals surface area contributed by atoms with Gasteiger partial charge in [0.05, 0.1) is 6.42 Å². The van der Waals surface area contributed by atoms with Gasteiger partial charge >= 0.3 is 11.9 Å². The molecular weight excluding hydrogens is 296 g/mol. The van der Waals surface area contributed by atoms with Gasteiger partial charge in [0, 0.05) is 24.3 Å². The fourth-order valence-corrected chi connectivity index (χ4v) is 1.84. The van der Waals surface area contributed by atoms with E-state index in [1.165, 1.54) is 0 Å². The zero-order valence-corrected chi connectivity index (χ0v) is 11.3. The molecule has 2 aliphatic rings. The van der Waals surface area contributed by atoms with Crippen LogP contribution in [0.3, 0.4) is 0 Å². The highest BCUT2D eigenvalue weighted by Crippen LogP contribution is 2.13. The van der Waals surface area contributed by atoms with E-state index < -0.39 is 41.9 Å². The number of esters is 2. The van der Waals surface area contributed by atoms with Gasteiger partial charge in [-0.3, -0.25) is 19.7 Å². The summed E-state index contributed by atoms with van der Waals surface area (Å²) in [6, 6.07) is 0. The normalized spacial score (nSPS) is 24.4. The molecule has 0 aliphatic carbocycles. The van der Waals surface area contributed by atoms with Crippen LogP contribution >= 0.6 is 0 Å². The number of hydrogen-bond donors (Lipinski definition) is 2. The molecule has 116 valence electrons. The van der Waals surface area contributed by atoms with E-state index in [1.54, 1.807) is 0 Å². The molecule has 0 radical (unpaired) electrons. The van der Waals surface area contributed by atoms with E-state index in [4.69, 9.17) is 9.47 Å². The molecule has 2 aliphatic heterocycles. The molecule has 0 bridgehead atoms. The van der Waals surface area contributed by atoms with Crippen LogP contribution < -0.4 is 10.6 Å². The Morgan fingerprint density at radius 1 is 0.955 bits per heavy atom. The fourth-order valence-electron chi connectivity index (χ4n) is 1.84. The second-order valence-electron chi connectivity index (χ2n) is 4.60. The molecule has 0 saturated carbocycles. The van der Waals surface area contributed by atoms with Gasteiger partial charge in [0.1, 0.15) is 0 Å². The third-order valence-corrected chi connectivity index (χ3v) is 2.82. The van der Waals surface area contributed by atoms with Gasteiger partial charge in [0.2, 0.25) is 5.91 Å². The third-order valence-electron chi connectivity index (χ3n) is 2.82. The molecule has 2 fully saturated rings. The maximum atomic E-state index is 11.4. The number of carbonyl (C=O) groups excluding carboxylic acids is 5. The summed E-state index contributed by atoms with van der Waals surface area (Å²) in [6.45, 7) is 3.53. The largest absolute Gasteiger partial charge is 0.449 e. The molecule has 0 aromatic carbocycles. The Hall–Kier alpha value is -2.97. The van der Waals surface area contributed by atoms with Crippen LogP contribution in [0.15, 0.2) is 24.4 Å². The van der Waals surface area contributed by atoms with Crippen molar-refractivity contribution in [2.75, 3.05) is 0 Å². The van der Waals surface area contributed by atoms with Gasteiger partial charge in [-0.05, 0) is 0 Å². The van der Waals surface area contributed by atoms with E-state index in [9.17, 15) is 24.0 Å². The summed E-state index contributed by atoms with van der Waals surface area (Å²) in [5.41, 5.74) is 0.433. The first-order valence-corrected chi connectivity index (χ1v) is 6.27. The molecule has 22 heavy (non-hydrogen) atoms. The van der Waals surface area contributed by atoms with Gasteiger partial charge in [0.15, 0.2) is 12.2 Å². The molecule has 2 atom stereocenters. The second-order valence-corrected chi connectivity index (χ2v) is 4.60. The molecule has 0 spiro atoms. The molecule has 3 amide bonds. The minimum Gasteiger partial charge on any atom is -0.449 e. The zero-order chi connectivity index (χ0) is 16.3. The maximum Gasteiger partial charge on any atom is 0.331 e. The van der Waals surface area contributed by atoms with Crippen molar-refractivity contribution in [1.29, 1.82) is 0 Å².